The van der Waals surface area contributed by atoms with Crippen LogP contribution in [0.15, 0.2) is 12.2 Å². The standard InChI is InChI=1S/C10H18O2/c11-8-10(9-12)6-4-2-1-3-5-7-10/h4,6,11-12H,1-3,5,7-9H2. The van der Waals surface area contributed by atoms with Gasteiger partial charge < -0.3 is 10.2 Å². The molecule has 70 valence electrons. The van der Waals surface area contributed by atoms with Crippen LogP contribution < -0.4 is 0 Å². The van der Waals surface area contributed by atoms with Crippen LogP contribution in [-0.2, 0) is 0 Å². The first kappa shape index (κ1) is 9.75. The van der Waals surface area contributed by atoms with Crippen LogP contribution in [0.2, 0.25) is 0 Å². The molecule has 1 aliphatic carbocycles. The molecule has 2 nitrogen and oxygen atoms in total. The minimum atomic E-state index is -0.333. The van der Waals surface area contributed by atoms with E-state index in [2.05, 4.69) is 6.08 Å². The van der Waals surface area contributed by atoms with Gasteiger partial charge in [-0.15, -0.1) is 0 Å². The van der Waals surface area contributed by atoms with Crippen molar-refractivity contribution in [1.29, 1.82) is 0 Å². The normalized spacial score (nSPS) is 23.2. The van der Waals surface area contributed by atoms with Crippen LogP contribution in [0, 0.1) is 5.41 Å². The summed E-state index contributed by atoms with van der Waals surface area (Å²) in [5.74, 6) is 0. The van der Waals surface area contributed by atoms with E-state index in [4.69, 9.17) is 10.2 Å². The Morgan fingerprint density at radius 2 is 1.83 bits per heavy atom. The van der Waals surface area contributed by atoms with Gasteiger partial charge in [-0.3, -0.25) is 0 Å². The number of hydrogen-bond donors (Lipinski definition) is 2. The largest absolute Gasteiger partial charge is 0.395 e. The Kier molecular flexibility index (Phi) is 3.76. The second kappa shape index (κ2) is 4.63. The van der Waals surface area contributed by atoms with Crippen LogP contribution in [-0.4, -0.2) is 23.4 Å². The minimum Gasteiger partial charge on any atom is -0.395 e. The van der Waals surface area contributed by atoms with Crippen LogP contribution in [0.1, 0.15) is 32.1 Å². The number of rotatable bonds is 2. The zero-order valence-electron chi connectivity index (χ0n) is 7.50. The molecule has 2 N–H and O–H groups in total. The highest BCUT2D eigenvalue weighted by Crippen LogP contribution is 2.28. The fourth-order valence-electron chi connectivity index (χ4n) is 1.65. The van der Waals surface area contributed by atoms with Gasteiger partial charge in [-0.2, -0.15) is 0 Å². The van der Waals surface area contributed by atoms with Crippen molar-refractivity contribution in [2.75, 3.05) is 13.2 Å². The first-order chi connectivity index (χ1) is 5.83. The van der Waals surface area contributed by atoms with E-state index in [0.717, 1.165) is 19.3 Å². The second-order valence-corrected chi connectivity index (χ2v) is 3.68. The van der Waals surface area contributed by atoms with E-state index in [-0.39, 0.29) is 18.6 Å². The SMILES string of the molecule is OCC1(CO)C=CCCCCC1. The van der Waals surface area contributed by atoms with Crippen LogP contribution in [0.4, 0.5) is 0 Å². The molecule has 0 unspecified atom stereocenters. The zero-order valence-corrected chi connectivity index (χ0v) is 7.50. The Labute approximate surface area is 73.9 Å². The fourth-order valence-corrected chi connectivity index (χ4v) is 1.65. The zero-order chi connectivity index (χ0) is 8.86. The highest BCUT2D eigenvalue weighted by Gasteiger charge is 2.25. The Hall–Kier alpha value is -0.340. The monoisotopic (exact) mass is 170 g/mol. The molecule has 0 aliphatic heterocycles. The fraction of sp³-hybridized carbons (Fsp3) is 0.800. The van der Waals surface area contributed by atoms with Gasteiger partial charge in [0.1, 0.15) is 0 Å². The van der Waals surface area contributed by atoms with Crippen molar-refractivity contribution in [3.05, 3.63) is 12.2 Å². The topological polar surface area (TPSA) is 40.5 Å². The van der Waals surface area contributed by atoms with E-state index in [1.807, 2.05) is 6.08 Å². The second-order valence-electron chi connectivity index (χ2n) is 3.68. The Balaban J connectivity index is 2.62. The van der Waals surface area contributed by atoms with Gasteiger partial charge in [0.15, 0.2) is 0 Å². The molecule has 0 aromatic rings. The van der Waals surface area contributed by atoms with Gasteiger partial charge in [-0.05, 0) is 19.3 Å². The average Bonchev–Trinajstić information content (AvgIpc) is 2.06. The molecular weight excluding hydrogens is 152 g/mol. The summed E-state index contributed by atoms with van der Waals surface area (Å²) >= 11 is 0. The van der Waals surface area contributed by atoms with Crippen LogP contribution >= 0.6 is 0 Å². The molecule has 0 amide bonds. The number of aliphatic hydroxyl groups excluding tert-OH is 2. The van der Waals surface area contributed by atoms with E-state index < -0.39 is 0 Å². The lowest BCUT2D eigenvalue weighted by molar-refractivity contribution is 0.0829. The predicted molar refractivity (Wildman–Crippen MR) is 48.8 cm³/mol. The molecule has 0 saturated carbocycles. The van der Waals surface area contributed by atoms with Gasteiger partial charge in [0.25, 0.3) is 0 Å². The number of allylic oxidation sites excluding steroid dienone is 1. The molecule has 1 aliphatic rings. The highest BCUT2D eigenvalue weighted by atomic mass is 16.3. The third-order valence-corrected chi connectivity index (χ3v) is 2.65. The summed E-state index contributed by atoms with van der Waals surface area (Å²) in [7, 11) is 0. The summed E-state index contributed by atoms with van der Waals surface area (Å²) in [5.41, 5.74) is -0.333. The van der Waals surface area contributed by atoms with E-state index in [1.54, 1.807) is 0 Å². The van der Waals surface area contributed by atoms with Crippen molar-refractivity contribution in [1.82, 2.24) is 0 Å². The minimum absolute atomic E-state index is 0.0694. The summed E-state index contributed by atoms with van der Waals surface area (Å²) in [6.45, 7) is 0.139. The van der Waals surface area contributed by atoms with Crippen molar-refractivity contribution < 1.29 is 10.2 Å². The Bertz CT molecular complexity index is 148. The molecule has 12 heavy (non-hydrogen) atoms. The smallest absolute Gasteiger partial charge is 0.0544 e. The molecule has 0 radical (unpaired) electrons. The summed E-state index contributed by atoms with van der Waals surface area (Å²) in [6.07, 6.45) is 9.65. The van der Waals surface area contributed by atoms with Gasteiger partial charge >= 0.3 is 0 Å². The van der Waals surface area contributed by atoms with Crippen LogP contribution in [0.5, 0.6) is 0 Å². The molecular formula is C10H18O2. The quantitative estimate of drug-likeness (QED) is 0.616. The van der Waals surface area contributed by atoms with Gasteiger partial charge in [0.05, 0.1) is 13.2 Å². The van der Waals surface area contributed by atoms with Gasteiger partial charge in [-0.25, -0.2) is 0 Å². The third kappa shape index (κ3) is 2.32. The summed E-state index contributed by atoms with van der Waals surface area (Å²) in [6, 6.07) is 0. The average molecular weight is 170 g/mol. The number of aliphatic hydroxyl groups is 2. The van der Waals surface area contributed by atoms with E-state index in [9.17, 15) is 0 Å². The Morgan fingerprint density at radius 3 is 2.50 bits per heavy atom. The summed E-state index contributed by atoms with van der Waals surface area (Å²) in [5, 5.41) is 18.3. The van der Waals surface area contributed by atoms with E-state index in [0.29, 0.717) is 0 Å². The van der Waals surface area contributed by atoms with Crippen LogP contribution in [0.25, 0.3) is 0 Å². The van der Waals surface area contributed by atoms with E-state index >= 15 is 0 Å². The van der Waals surface area contributed by atoms with Crippen molar-refractivity contribution in [2.24, 2.45) is 5.41 Å². The number of hydrogen-bond acceptors (Lipinski definition) is 2. The molecule has 0 spiro atoms. The van der Waals surface area contributed by atoms with Crippen LogP contribution in [0.3, 0.4) is 0 Å². The third-order valence-electron chi connectivity index (χ3n) is 2.65. The van der Waals surface area contributed by atoms with E-state index in [1.165, 1.54) is 12.8 Å². The predicted octanol–water partition coefficient (Wildman–Crippen LogP) is 1.48. The molecule has 0 bridgehead atoms. The maximum Gasteiger partial charge on any atom is 0.0544 e. The molecule has 0 fully saturated rings. The molecule has 1 rings (SSSR count). The molecule has 0 heterocycles. The maximum atomic E-state index is 9.15. The molecule has 2 heteroatoms. The summed E-state index contributed by atoms with van der Waals surface area (Å²) in [4.78, 5) is 0. The van der Waals surface area contributed by atoms with Crippen molar-refractivity contribution in [3.8, 4) is 0 Å². The lowest BCUT2D eigenvalue weighted by Gasteiger charge is -2.27. The molecule has 0 aromatic heterocycles. The molecule has 0 aromatic carbocycles. The van der Waals surface area contributed by atoms with Gasteiger partial charge in [-0.1, -0.05) is 25.0 Å². The molecule has 0 atom stereocenters. The van der Waals surface area contributed by atoms with Gasteiger partial charge in [0, 0.05) is 5.41 Å². The first-order valence-electron chi connectivity index (χ1n) is 4.72. The molecule has 0 saturated heterocycles. The Morgan fingerprint density at radius 1 is 1.08 bits per heavy atom. The van der Waals surface area contributed by atoms with Gasteiger partial charge in [0.2, 0.25) is 0 Å². The first-order valence-corrected chi connectivity index (χ1v) is 4.72. The van der Waals surface area contributed by atoms with Crippen molar-refractivity contribution >= 4 is 0 Å². The lowest BCUT2D eigenvalue weighted by atomic mass is 9.82. The lowest BCUT2D eigenvalue weighted by Crippen LogP contribution is -2.27. The van der Waals surface area contributed by atoms with Crippen molar-refractivity contribution in [2.45, 2.75) is 32.1 Å². The highest BCUT2D eigenvalue weighted by molar-refractivity contribution is 5.00. The summed E-state index contributed by atoms with van der Waals surface area (Å²) < 4.78 is 0. The maximum absolute atomic E-state index is 9.15. The van der Waals surface area contributed by atoms with Crippen molar-refractivity contribution in [3.63, 3.8) is 0 Å².